The average Bonchev–Trinajstić information content (AvgIpc) is 4.00. The Bertz CT molecular complexity index is 1980. The molecular formula is C40H55N5O9S. The van der Waals surface area contributed by atoms with Crippen LogP contribution in [0.1, 0.15) is 90.5 Å². The highest BCUT2D eigenvalue weighted by atomic mass is 32.2. The summed E-state index contributed by atoms with van der Waals surface area (Å²) in [4.78, 5) is 63.6. The SMILES string of the molecule is COc1ccc2c(O[C@@H]3C[C@H]4C(=O)C[C@]5(C(=O)NS(=O)(=O)C6(C)CC6)C[C@H]5/C=C\CCCCC[C@H](NC(=O)N(C)C)C(=O)N4C3)cc(OC(C)C)nc2c1C. The van der Waals surface area contributed by atoms with E-state index >= 15 is 0 Å². The molecule has 1 aromatic heterocycles. The van der Waals surface area contributed by atoms with Crippen LogP contribution < -0.4 is 24.2 Å². The molecule has 1 saturated heterocycles. The van der Waals surface area contributed by atoms with Gasteiger partial charge in [0.25, 0.3) is 0 Å². The number of aromatic nitrogens is 1. The first-order chi connectivity index (χ1) is 26.0. The number of ether oxygens (including phenoxy) is 3. The average molecular weight is 782 g/mol. The van der Waals surface area contributed by atoms with Gasteiger partial charge in [-0.25, -0.2) is 18.2 Å². The Morgan fingerprint density at radius 2 is 1.84 bits per heavy atom. The highest BCUT2D eigenvalue weighted by molar-refractivity contribution is 7.91. The van der Waals surface area contributed by atoms with Crippen molar-refractivity contribution < 1.29 is 41.8 Å². The number of hydrogen-bond donors (Lipinski definition) is 2. The van der Waals surface area contributed by atoms with Crippen molar-refractivity contribution in [2.24, 2.45) is 11.3 Å². The van der Waals surface area contributed by atoms with Crippen LogP contribution in [0.5, 0.6) is 17.4 Å². The number of methoxy groups -OCH3 is 1. The molecule has 2 saturated carbocycles. The molecule has 3 fully saturated rings. The number of carbonyl (C=O) groups is 4. The van der Waals surface area contributed by atoms with Gasteiger partial charge in [-0.05, 0) is 84.3 Å². The largest absolute Gasteiger partial charge is 0.496 e. The van der Waals surface area contributed by atoms with Gasteiger partial charge in [-0.3, -0.25) is 19.1 Å². The molecule has 4 aliphatic rings. The van der Waals surface area contributed by atoms with Crippen molar-refractivity contribution >= 4 is 44.6 Å². The van der Waals surface area contributed by atoms with Crippen molar-refractivity contribution in [2.75, 3.05) is 27.7 Å². The molecule has 0 spiro atoms. The second-order valence-electron chi connectivity index (χ2n) is 16.4. The van der Waals surface area contributed by atoms with E-state index in [1.807, 2.05) is 45.1 Å². The second-order valence-corrected chi connectivity index (χ2v) is 18.5. The van der Waals surface area contributed by atoms with Crippen molar-refractivity contribution in [3.63, 3.8) is 0 Å². The van der Waals surface area contributed by atoms with Crippen LogP contribution in [0.2, 0.25) is 0 Å². The maximum atomic E-state index is 14.6. The fourth-order valence-electron chi connectivity index (χ4n) is 7.72. The molecule has 5 atom stereocenters. The zero-order valence-corrected chi connectivity index (χ0v) is 33.8. The fourth-order valence-corrected chi connectivity index (χ4v) is 9.06. The molecule has 1 aromatic carbocycles. The Morgan fingerprint density at radius 1 is 1.09 bits per heavy atom. The summed E-state index contributed by atoms with van der Waals surface area (Å²) in [5.41, 5.74) is 0.145. The summed E-state index contributed by atoms with van der Waals surface area (Å²) in [6.45, 7) is 7.33. The maximum Gasteiger partial charge on any atom is 0.317 e. The number of benzene rings is 1. The summed E-state index contributed by atoms with van der Waals surface area (Å²) in [5, 5.41) is 3.57. The quantitative estimate of drug-likeness (QED) is 0.336. The van der Waals surface area contributed by atoms with E-state index < -0.39 is 56.2 Å². The van der Waals surface area contributed by atoms with Crippen LogP contribution in [0.15, 0.2) is 30.4 Å². The number of aryl methyl sites for hydroxylation is 1. The third-order valence-corrected chi connectivity index (χ3v) is 13.7. The van der Waals surface area contributed by atoms with Crippen LogP contribution in [-0.2, 0) is 24.4 Å². The zero-order valence-electron chi connectivity index (χ0n) is 33.0. The lowest BCUT2D eigenvalue weighted by atomic mass is 9.91. The minimum atomic E-state index is -3.95. The number of rotatable bonds is 9. The van der Waals surface area contributed by atoms with Crippen LogP contribution in [0.3, 0.4) is 0 Å². The summed E-state index contributed by atoms with van der Waals surface area (Å²) < 4.78 is 45.9. The number of sulfonamides is 1. The van der Waals surface area contributed by atoms with Gasteiger partial charge in [0.1, 0.15) is 23.6 Å². The molecule has 6 rings (SSSR count). The van der Waals surface area contributed by atoms with Gasteiger partial charge >= 0.3 is 6.03 Å². The van der Waals surface area contributed by atoms with Gasteiger partial charge in [-0.1, -0.05) is 25.0 Å². The fraction of sp³-hybridized carbons (Fsp3) is 0.625. The Morgan fingerprint density at radius 3 is 2.51 bits per heavy atom. The van der Waals surface area contributed by atoms with Crippen molar-refractivity contribution in [1.82, 2.24) is 24.8 Å². The molecule has 2 aliphatic heterocycles. The van der Waals surface area contributed by atoms with Crippen molar-refractivity contribution in [1.29, 1.82) is 0 Å². The van der Waals surface area contributed by atoms with Gasteiger partial charge in [0.05, 0.1) is 41.5 Å². The van der Waals surface area contributed by atoms with E-state index in [1.54, 1.807) is 34.2 Å². The summed E-state index contributed by atoms with van der Waals surface area (Å²) >= 11 is 0. The number of carbonyl (C=O) groups excluding carboxylic acids is 4. The van der Waals surface area contributed by atoms with E-state index in [0.717, 1.165) is 24.8 Å². The molecule has 2 N–H and O–H groups in total. The van der Waals surface area contributed by atoms with E-state index in [-0.39, 0.29) is 37.2 Å². The van der Waals surface area contributed by atoms with Crippen molar-refractivity contribution in [2.45, 2.75) is 121 Å². The third-order valence-electron chi connectivity index (χ3n) is 11.6. The Hall–Kier alpha value is -4.40. The molecule has 0 unspecified atom stereocenters. The normalized spacial score (nSPS) is 27.2. The lowest BCUT2D eigenvalue weighted by Crippen LogP contribution is -2.54. The molecule has 2 aliphatic carbocycles. The van der Waals surface area contributed by atoms with E-state index in [0.29, 0.717) is 60.4 Å². The molecule has 14 nitrogen and oxygen atoms in total. The van der Waals surface area contributed by atoms with Crippen molar-refractivity contribution in [3.8, 4) is 17.4 Å². The number of allylic oxidation sites excluding steroid dienone is 2. The van der Waals surface area contributed by atoms with E-state index in [2.05, 4.69) is 10.0 Å². The zero-order chi connectivity index (χ0) is 39.9. The van der Waals surface area contributed by atoms with Gasteiger partial charge in [0, 0.05) is 44.0 Å². The summed E-state index contributed by atoms with van der Waals surface area (Å²) in [5.74, 6) is -0.333. The number of pyridine rings is 1. The minimum Gasteiger partial charge on any atom is -0.496 e. The van der Waals surface area contributed by atoms with E-state index in [1.165, 1.54) is 9.80 Å². The van der Waals surface area contributed by atoms with Crippen molar-refractivity contribution in [3.05, 3.63) is 35.9 Å². The number of ketones is 1. The number of Topliss-reactive ketones (excluding diaryl/α,β-unsaturated/α-hetero) is 1. The van der Waals surface area contributed by atoms with Crippen LogP contribution in [-0.4, -0.2) is 104 Å². The number of hydrogen-bond acceptors (Lipinski definition) is 10. The van der Waals surface area contributed by atoms with Crippen LogP contribution >= 0.6 is 0 Å². The molecule has 300 valence electrons. The summed E-state index contributed by atoms with van der Waals surface area (Å²) in [7, 11) is 0.828. The Kier molecular flexibility index (Phi) is 11.4. The predicted octanol–water partition coefficient (Wildman–Crippen LogP) is 4.81. The van der Waals surface area contributed by atoms with Gasteiger partial charge < -0.3 is 29.3 Å². The number of urea groups is 1. The van der Waals surface area contributed by atoms with Gasteiger partial charge in [-0.15, -0.1) is 0 Å². The second kappa shape index (κ2) is 15.6. The Balaban J connectivity index is 1.35. The number of nitrogens with zero attached hydrogens (tertiary/aromatic N) is 3. The molecule has 15 heteroatoms. The molecule has 0 radical (unpaired) electrons. The topological polar surface area (TPSA) is 174 Å². The molecule has 55 heavy (non-hydrogen) atoms. The van der Waals surface area contributed by atoms with Gasteiger partial charge in [0.15, 0.2) is 5.78 Å². The molecule has 2 aromatic rings. The van der Waals surface area contributed by atoms with E-state index in [4.69, 9.17) is 19.2 Å². The van der Waals surface area contributed by atoms with Crippen LogP contribution in [0.25, 0.3) is 10.9 Å². The van der Waals surface area contributed by atoms with Crippen LogP contribution in [0.4, 0.5) is 4.79 Å². The van der Waals surface area contributed by atoms with Crippen LogP contribution in [0, 0.1) is 18.3 Å². The smallest absolute Gasteiger partial charge is 0.317 e. The predicted molar refractivity (Wildman–Crippen MR) is 206 cm³/mol. The third kappa shape index (κ3) is 8.41. The lowest BCUT2D eigenvalue weighted by Gasteiger charge is -2.30. The highest BCUT2D eigenvalue weighted by Gasteiger charge is 2.62. The Labute approximate surface area is 323 Å². The molecule has 4 amide bonds. The number of amides is 4. The molecule has 3 heterocycles. The monoisotopic (exact) mass is 781 g/mol. The highest BCUT2D eigenvalue weighted by Crippen LogP contribution is 2.57. The number of nitrogens with one attached hydrogen (secondary N) is 2. The first kappa shape index (κ1) is 40.3. The molecule has 0 bridgehead atoms. The summed E-state index contributed by atoms with van der Waals surface area (Å²) in [6, 6.07) is 3.06. The lowest BCUT2D eigenvalue weighted by molar-refractivity contribution is -0.140. The first-order valence-electron chi connectivity index (χ1n) is 19.3. The maximum absolute atomic E-state index is 14.6. The minimum absolute atomic E-state index is 0.0398. The van der Waals surface area contributed by atoms with E-state index in [9.17, 15) is 27.6 Å². The first-order valence-corrected chi connectivity index (χ1v) is 20.8. The molecular weight excluding hydrogens is 727 g/mol. The number of fused-ring (bicyclic) bond motifs is 3. The standard InChI is InChI=1S/C40H55N5O9S/c1-24(2)53-34-20-33(28-15-16-32(52-7)25(3)35(28)42-34)54-27-19-30-31(46)22-40(37(48)43-55(50,51)39(4)17-18-39)21-26(40)13-11-9-8-10-12-14-29(36(47)45(30)23-27)41-38(49)44(5)6/h11,13,15-16,20,24,26-27,29-30H,8-10,12,14,17-19,21-23H2,1-7H3,(H,41,49)(H,43,48)/b13-11-/t26-,27-,29+,30+,40-/m1/s1. The summed E-state index contributed by atoms with van der Waals surface area (Å²) in [6.07, 6.45) is 7.61. The van der Waals surface area contributed by atoms with Gasteiger partial charge in [-0.2, -0.15) is 0 Å². The van der Waals surface area contributed by atoms with Gasteiger partial charge in [0.2, 0.25) is 27.7 Å².